The van der Waals surface area contributed by atoms with E-state index in [0.29, 0.717) is 11.7 Å². The summed E-state index contributed by atoms with van der Waals surface area (Å²) >= 11 is 0. The van der Waals surface area contributed by atoms with Gasteiger partial charge in [-0.1, -0.05) is 52.4 Å². The molecule has 1 saturated carbocycles. The van der Waals surface area contributed by atoms with Crippen molar-refractivity contribution in [1.29, 1.82) is 0 Å². The lowest BCUT2D eigenvalue weighted by Gasteiger charge is -2.20. The van der Waals surface area contributed by atoms with Gasteiger partial charge in [-0.3, -0.25) is 4.79 Å². The van der Waals surface area contributed by atoms with E-state index in [4.69, 9.17) is 0 Å². The maximum Gasteiger partial charge on any atom is 0.133 e. The first-order valence-corrected chi connectivity index (χ1v) is 7.27. The van der Waals surface area contributed by atoms with Crippen molar-refractivity contribution in [2.75, 3.05) is 0 Å². The molecule has 1 fully saturated rings. The molecule has 1 aliphatic rings. The zero-order valence-corrected chi connectivity index (χ0v) is 11.1. The summed E-state index contributed by atoms with van der Waals surface area (Å²) in [4.78, 5) is 11.6. The summed E-state index contributed by atoms with van der Waals surface area (Å²) in [5.74, 6) is 2.10. The van der Waals surface area contributed by atoms with E-state index in [1.54, 1.807) is 0 Å². The average molecular weight is 224 g/mol. The molecule has 0 saturated heterocycles. The molecule has 0 radical (unpaired) electrons. The third kappa shape index (κ3) is 5.14. The number of ketones is 1. The van der Waals surface area contributed by atoms with Crippen LogP contribution >= 0.6 is 0 Å². The Labute approximate surface area is 101 Å². The maximum absolute atomic E-state index is 11.6. The summed E-state index contributed by atoms with van der Waals surface area (Å²) in [5, 5.41) is 0. The van der Waals surface area contributed by atoms with E-state index in [-0.39, 0.29) is 0 Å². The minimum atomic E-state index is 0.521. The van der Waals surface area contributed by atoms with Gasteiger partial charge in [-0.25, -0.2) is 0 Å². The standard InChI is InChI=1S/C15H28O/c1-3-5-8-13(4-2)11-14-9-6-7-10-15(16)12-14/h13-14H,3-12H2,1-2H3. The molecule has 1 aliphatic carbocycles. The van der Waals surface area contributed by atoms with Crippen LogP contribution < -0.4 is 0 Å². The molecule has 1 rings (SSSR count). The molecule has 16 heavy (non-hydrogen) atoms. The van der Waals surface area contributed by atoms with Gasteiger partial charge < -0.3 is 0 Å². The van der Waals surface area contributed by atoms with Gasteiger partial charge >= 0.3 is 0 Å². The van der Waals surface area contributed by atoms with E-state index in [0.717, 1.165) is 25.2 Å². The highest BCUT2D eigenvalue weighted by atomic mass is 16.1. The molecule has 0 spiro atoms. The third-order valence-electron chi connectivity index (χ3n) is 4.04. The predicted octanol–water partition coefficient (Wildman–Crippen LogP) is 4.74. The molecule has 0 aliphatic heterocycles. The Bertz CT molecular complexity index is 198. The molecule has 0 amide bonds. The van der Waals surface area contributed by atoms with Gasteiger partial charge in [0.1, 0.15) is 5.78 Å². The first kappa shape index (κ1) is 13.7. The second kappa shape index (κ2) is 7.86. The fraction of sp³-hybridized carbons (Fsp3) is 0.933. The number of rotatable bonds is 6. The summed E-state index contributed by atoms with van der Waals surface area (Å²) in [6.07, 6.45) is 12.1. The number of Topliss-reactive ketones (excluding diaryl/α,β-unsaturated/α-hetero) is 1. The topological polar surface area (TPSA) is 17.1 Å². The van der Waals surface area contributed by atoms with E-state index in [2.05, 4.69) is 13.8 Å². The number of carbonyl (C=O) groups excluding carboxylic acids is 1. The zero-order valence-electron chi connectivity index (χ0n) is 11.1. The Morgan fingerprint density at radius 1 is 1.31 bits per heavy atom. The molecule has 2 atom stereocenters. The summed E-state index contributed by atoms with van der Waals surface area (Å²) in [6, 6.07) is 0. The second-order valence-electron chi connectivity index (χ2n) is 5.51. The molecule has 1 nitrogen and oxygen atoms in total. The van der Waals surface area contributed by atoms with Crippen LogP contribution in [0, 0.1) is 11.8 Å². The van der Waals surface area contributed by atoms with Crippen molar-refractivity contribution < 1.29 is 4.79 Å². The predicted molar refractivity (Wildman–Crippen MR) is 69.5 cm³/mol. The summed E-state index contributed by atoms with van der Waals surface area (Å²) < 4.78 is 0. The fourth-order valence-electron chi connectivity index (χ4n) is 2.94. The monoisotopic (exact) mass is 224 g/mol. The van der Waals surface area contributed by atoms with Crippen LogP contribution in [0.2, 0.25) is 0 Å². The van der Waals surface area contributed by atoms with Crippen molar-refractivity contribution in [3.63, 3.8) is 0 Å². The third-order valence-corrected chi connectivity index (χ3v) is 4.04. The van der Waals surface area contributed by atoms with Crippen LogP contribution in [0.5, 0.6) is 0 Å². The van der Waals surface area contributed by atoms with E-state index in [9.17, 15) is 4.79 Å². The first-order valence-electron chi connectivity index (χ1n) is 7.27. The average Bonchev–Trinajstić information content (AvgIpc) is 2.48. The molecule has 0 aromatic rings. The molecule has 0 aromatic carbocycles. The summed E-state index contributed by atoms with van der Waals surface area (Å²) in [5.41, 5.74) is 0. The minimum Gasteiger partial charge on any atom is -0.300 e. The van der Waals surface area contributed by atoms with Crippen LogP contribution in [0.4, 0.5) is 0 Å². The molecule has 0 heterocycles. The molecule has 0 aromatic heterocycles. The van der Waals surface area contributed by atoms with Crippen LogP contribution in [0.15, 0.2) is 0 Å². The van der Waals surface area contributed by atoms with Gasteiger partial charge in [0, 0.05) is 12.8 Å². The SMILES string of the molecule is CCCCC(CC)CC1CCCCC(=O)C1. The summed E-state index contributed by atoms with van der Waals surface area (Å²) in [6.45, 7) is 4.57. The molecule has 1 heteroatoms. The highest BCUT2D eigenvalue weighted by molar-refractivity contribution is 5.78. The molecule has 2 unspecified atom stereocenters. The molecule has 94 valence electrons. The Kier molecular flexibility index (Phi) is 6.75. The van der Waals surface area contributed by atoms with Crippen molar-refractivity contribution in [3.05, 3.63) is 0 Å². The van der Waals surface area contributed by atoms with Crippen LogP contribution in [-0.2, 0) is 4.79 Å². The van der Waals surface area contributed by atoms with Crippen molar-refractivity contribution in [2.24, 2.45) is 11.8 Å². The van der Waals surface area contributed by atoms with Gasteiger partial charge in [0.25, 0.3) is 0 Å². The quantitative estimate of drug-likeness (QED) is 0.595. The minimum absolute atomic E-state index is 0.521. The first-order chi connectivity index (χ1) is 7.76. The molecule has 0 N–H and O–H groups in total. The van der Waals surface area contributed by atoms with Gasteiger partial charge in [0.2, 0.25) is 0 Å². The smallest absolute Gasteiger partial charge is 0.133 e. The number of hydrogen-bond donors (Lipinski definition) is 0. The van der Waals surface area contributed by atoms with Gasteiger partial charge in [-0.2, -0.15) is 0 Å². The van der Waals surface area contributed by atoms with Gasteiger partial charge in [-0.15, -0.1) is 0 Å². The van der Waals surface area contributed by atoms with E-state index < -0.39 is 0 Å². The van der Waals surface area contributed by atoms with Crippen molar-refractivity contribution in [1.82, 2.24) is 0 Å². The highest BCUT2D eigenvalue weighted by Crippen LogP contribution is 2.29. The Hall–Kier alpha value is -0.330. The second-order valence-corrected chi connectivity index (χ2v) is 5.51. The maximum atomic E-state index is 11.6. The highest BCUT2D eigenvalue weighted by Gasteiger charge is 2.20. The van der Waals surface area contributed by atoms with E-state index in [1.165, 1.54) is 44.9 Å². The molecular formula is C15H28O. The zero-order chi connectivity index (χ0) is 11.8. The van der Waals surface area contributed by atoms with Gasteiger partial charge in [0.15, 0.2) is 0 Å². The number of carbonyl (C=O) groups is 1. The normalized spacial score (nSPS) is 24.1. The van der Waals surface area contributed by atoms with Crippen LogP contribution in [-0.4, -0.2) is 5.78 Å². The van der Waals surface area contributed by atoms with Crippen LogP contribution in [0.3, 0.4) is 0 Å². The molecule has 0 bridgehead atoms. The summed E-state index contributed by atoms with van der Waals surface area (Å²) in [7, 11) is 0. The fourth-order valence-corrected chi connectivity index (χ4v) is 2.94. The number of hydrogen-bond acceptors (Lipinski definition) is 1. The Morgan fingerprint density at radius 3 is 2.81 bits per heavy atom. The molecular weight excluding hydrogens is 196 g/mol. The lowest BCUT2D eigenvalue weighted by Crippen LogP contribution is -2.11. The Morgan fingerprint density at radius 2 is 2.12 bits per heavy atom. The van der Waals surface area contributed by atoms with E-state index >= 15 is 0 Å². The largest absolute Gasteiger partial charge is 0.300 e. The van der Waals surface area contributed by atoms with Crippen LogP contribution in [0.1, 0.15) is 78.1 Å². The lowest BCUT2D eigenvalue weighted by atomic mass is 9.85. The van der Waals surface area contributed by atoms with Crippen LogP contribution in [0.25, 0.3) is 0 Å². The van der Waals surface area contributed by atoms with Crippen molar-refractivity contribution in [3.8, 4) is 0 Å². The number of unbranched alkanes of at least 4 members (excludes halogenated alkanes) is 1. The van der Waals surface area contributed by atoms with Gasteiger partial charge in [0.05, 0.1) is 0 Å². The van der Waals surface area contributed by atoms with Crippen molar-refractivity contribution >= 4 is 5.78 Å². The Balaban J connectivity index is 2.33. The van der Waals surface area contributed by atoms with Gasteiger partial charge in [-0.05, 0) is 24.7 Å². The van der Waals surface area contributed by atoms with Crippen molar-refractivity contribution in [2.45, 2.75) is 78.1 Å². The van der Waals surface area contributed by atoms with E-state index in [1.807, 2.05) is 0 Å². The lowest BCUT2D eigenvalue weighted by molar-refractivity contribution is -0.119.